The second-order valence-corrected chi connectivity index (χ2v) is 6.54. The zero-order valence-corrected chi connectivity index (χ0v) is 16.8. The normalized spacial score (nSPS) is 10.6. The molecule has 0 aliphatic rings. The maximum Gasteiger partial charge on any atom is 0.223 e. The van der Waals surface area contributed by atoms with Crippen LogP contribution in [0.3, 0.4) is 0 Å². The van der Waals surface area contributed by atoms with Gasteiger partial charge >= 0.3 is 0 Å². The lowest BCUT2D eigenvalue weighted by molar-refractivity contribution is 0.354. The van der Waals surface area contributed by atoms with Gasteiger partial charge in [-0.2, -0.15) is 0 Å². The lowest BCUT2D eigenvalue weighted by Gasteiger charge is -2.11. The summed E-state index contributed by atoms with van der Waals surface area (Å²) in [5.74, 6) is 2.66. The Kier molecular flexibility index (Phi) is 5.89. The van der Waals surface area contributed by atoms with Gasteiger partial charge in [-0.25, -0.2) is 9.97 Å². The molecule has 152 valence electrons. The molecule has 1 N–H and O–H groups in total. The third kappa shape index (κ3) is 4.25. The summed E-state index contributed by atoms with van der Waals surface area (Å²) in [4.78, 5) is 13.3. The summed E-state index contributed by atoms with van der Waals surface area (Å²) in [6.07, 6.45) is 7.72. The van der Waals surface area contributed by atoms with Crippen LogP contribution in [-0.2, 0) is 6.42 Å². The summed E-state index contributed by atoms with van der Waals surface area (Å²) in [5.41, 5.74) is 3.72. The molecular weight excluding hydrogens is 380 g/mol. The van der Waals surface area contributed by atoms with Gasteiger partial charge in [0.25, 0.3) is 0 Å². The van der Waals surface area contributed by atoms with Gasteiger partial charge in [0.2, 0.25) is 5.95 Å². The van der Waals surface area contributed by atoms with Crippen molar-refractivity contribution in [2.45, 2.75) is 6.42 Å². The van der Waals surface area contributed by atoms with Crippen LogP contribution < -0.4 is 14.8 Å². The topological polar surface area (TPSA) is 82.3 Å². The Hall–Kier alpha value is -3.87. The summed E-state index contributed by atoms with van der Waals surface area (Å²) >= 11 is 0. The molecule has 0 unspecified atom stereocenters. The molecule has 0 saturated carbocycles. The first-order chi connectivity index (χ1) is 14.8. The van der Waals surface area contributed by atoms with Gasteiger partial charge in [-0.1, -0.05) is 6.07 Å². The summed E-state index contributed by atoms with van der Waals surface area (Å²) < 4.78 is 16.3. The fraction of sp³-hybridized carbons (Fsp3) is 0.174. The number of hydrogen-bond acceptors (Lipinski definition) is 7. The van der Waals surface area contributed by atoms with Crippen LogP contribution in [0.15, 0.2) is 71.7 Å². The first-order valence-corrected chi connectivity index (χ1v) is 9.54. The van der Waals surface area contributed by atoms with Gasteiger partial charge < -0.3 is 19.2 Å². The molecule has 7 heteroatoms. The van der Waals surface area contributed by atoms with Crippen molar-refractivity contribution < 1.29 is 13.9 Å². The minimum absolute atomic E-state index is 0.541. The van der Waals surface area contributed by atoms with Crippen LogP contribution in [0.2, 0.25) is 0 Å². The van der Waals surface area contributed by atoms with E-state index in [0.29, 0.717) is 29.8 Å². The van der Waals surface area contributed by atoms with Crippen molar-refractivity contribution in [1.82, 2.24) is 15.0 Å². The Morgan fingerprint density at radius 1 is 1.00 bits per heavy atom. The molecule has 0 amide bonds. The third-order valence-corrected chi connectivity index (χ3v) is 4.68. The van der Waals surface area contributed by atoms with Crippen LogP contribution >= 0.6 is 0 Å². The lowest BCUT2D eigenvalue weighted by Crippen LogP contribution is -2.09. The zero-order valence-electron chi connectivity index (χ0n) is 16.8. The fourth-order valence-corrected chi connectivity index (χ4v) is 3.17. The molecule has 0 aliphatic heterocycles. The molecule has 30 heavy (non-hydrogen) atoms. The SMILES string of the molecule is COc1ccc(CCNc2ncc(-c3ccncc3)c(-c3ccco3)n2)cc1OC. The van der Waals surface area contributed by atoms with Crippen molar-refractivity contribution in [1.29, 1.82) is 0 Å². The number of methoxy groups -OCH3 is 2. The van der Waals surface area contributed by atoms with E-state index in [9.17, 15) is 0 Å². The predicted molar refractivity (Wildman–Crippen MR) is 115 cm³/mol. The van der Waals surface area contributed by atoms with Crippen LogP contribution in [-0.4, -0.2) is 35.7 Å². The minimum Gasteiger partial charge on any atom is -0.493 e. The summed E-state index contributed by atoms with van der Waals surface area (Å²) in [5, 5.41) is 3.29. The molecule has 4 rings (SSSR count). The molecule has 0 spiro atoms. The van der Waals surface area contributed by atoms with Gasteiger partial charge in [-0.05, 0) is 53.9 Å². The zero-order chi connectivity index (χ0) is 20.8. The molecule has 3 heterocycles. The van der Waals surface area contributed by atoms with Crippen LogP contribution in [0.4, 0.5) is 5.95 Å². The van der Waals surface area contributed by atoms with Gasteiger partial charge in [0, 0.05) is 30.7 Å². The molecule has 1 aromatic carbocycles. The van der Waals surface area contributed by atoms with Crippen LogP contribution in [0.25, 0.3) is 22.6 Å². The van der Waals surface area contributed by atoms with Gasteiger partial charge in [-0.3, -0.25) is 4.98 Å². The largest absolute Gasteiger partial charge is 0.493 e. The van der Waals surface area contributed by atoms with E-state index >= 15 is 0 Å². The van der Waals surface area contributed by atoms with E-state index < -0.39 is 0 Å². The van der Waals surface area contributed by atoms with E-state index in [0.717, 1.165) is 28.8 Å². The minimum atomic E-state index is 0.541. The maximum atomic E-state index is 5.60. The molecular formula is C23H22N4O3. The van der Waals surface area contributed by atoms with Crippen molar-refractivity contribution in [3.05, 3.63) is 72.9 Å². The van der Waals surface area contributed by atoms with Crippen LogP contribution in [0, 0.1) is 0 Å². The average molecular weight is 402 g/mol. The van der Waals surface area contributed by atoms with E-state index in [1.165, 1.54) is 0 Å². The van der Waals surface area contributed by atoms with Gasteiger partial charge in [0.15, 0.2) is 17.3 Å². The monoisotopic (exact) mass is 402 g/mol. The second kappa shape index (κ2) is 9.09. The molecule has 7 nitrogen and oxygen atoms in total. The predicted octanol–water partition coefficient (Wildman–Crippen LogP) is 4.47. The molecule has 0 aliphatic carbocycles. The number of nitrogens with zero attached hydrogens (tertiary/aromatic N) is 3. The van der Waals surface area contributed by atoms with Crippen LogP contribution in [0.5, 0.6) is 11.5 Å². The standard InChI is InChI=1S/C23H22N4O3/c1-28-19-6-5-16(14-21(19)29-2)7-12-25-23-26-15-18(17-8-10-24-11-9-17)22(27-23)20-4-3-13-30-20/h3-6,8-11,13-15H,7,12H2,1-2H3,(H,25,26,27). The molecule has 0 radical (unpaired) electrons. The molecule has 0 saturated heterocycles. The van der Waals surface area contributed by atoms with E-state index in [1.54, 1.807) is 39.1 Å². The van der Waals surface area contributed by atoms with E-state index in [1.807, 2.05) is 42.5 Å². The Morgan fingerprint density at radius 3 is 2.57 bits per heavy atom. The average Bonchev–Trinajstić information content (AvgIpc) is 3.34. The second-order valence-electron chi connectivity index (χ2n) is 6.54. The van der Waals surface area contributed by atoms with Crippen LogP contribution in [0.1, 0.15) is 5.56 Å². The quantitative estimate of drug-likeness (QED) is 0.465. The van der Waals surface area contributed by atoms with Crippen molar-refractivity contribution >= 4 is 5.95 Å². The van der Waals surface area contributed by atoms with Crippen molar-refractivity contribution in [2.24, 2.45) is 0 Å². The van der Waals surface area contributed by atoms with E-state index in [4.69, 9.17) is 18.9 Å². The number of anilines is 1. The van der Waals surface area contributed by atoms with Gasteiger partial charge in [0.1, 0.15) is 5.69 Å². The highest BCUT2D eigenvalue weighted by molar-refractivity contribution is 5.78. The number of aromatic nitrogens is 3. The summed E-state index contributed by atoms with van der Waals surface area (Å²) in [6, 6.07) is 13.5. The highest BCUT2D eigenvalue weighted by atomic mass is 16.5. The molecule has 4 aromatic rings. The smallest absolute Gasteiger partial charge is 0.223 e. The number of benzene rings is 1. The number of furan rings is 1. The van der Waals surface area contributed by atoms with Gasteiger partial charge in [0.05, 0.1) is 20.5 Å². The number of ether oxygens (including phenoxy) is 2. The van der Waals surface area contributed by atoms with E-state index in [-0.39, 0.29) is 0 Å². The number of rotatable bonds is 8. The fourth-order valence-electron chi connectivity index (χ4n) is 3.17. The molecule has 0 atom stereocenters. The molecule has 3 aromatic heterocycles. The number of nitrogens with one attached hydrogen (secondary N) is 1. The Bertz CT molecular complexity index is 1100. The Balaban J connectivity index is 1.52. The Morgan fingerprint density at radius 2 is 1.83 bits per heavy atom. The Labute approximate surface area is 174 Å². The third-order valence-electron chi connectivity index (χ3n) is 4.68. The summed E-state index contributed by atoms with van der Waals surface area (Å²) in [7, 11) is 3.26. The molecule has 0 fully saturated rings. The summed E-state index contributed by atoms with van der Waals surface area (Å²) in [6.45, 7) is 0.668. The number of hydrogen-bond donors (Lipinski definition) is 1. The first-order valence-electron chi connectivity index (χ1n) is 9.54. The van der Waals surface area contributed by atoms with Gasteiger partial charge in [-0.15, -0.1) is 0 Å². The highest BCUT2D eigenvalue weighted by Gasteiger charge is 2.14. The molecule has 0 bridgehead atoms. The maximum absolute atomic E-state index is 5.60. The van der Waals surface area contributed by atoms with Crippen molar-refractivity contribution in [3.63, 3.8) is 0 Å². The highest BCUT2D eigenvalue weighted by Crippen LogP contribution is 2.31. The van der Waals surface area contributed by atoms with Crippen molar-refractivity contribution in [2.75, 3.05) is 26.1 Å². The first kappa shape index (κ1) is 19.4. The van der Waals surface area contributed by atoms with Crippen molar-refractivity contribution in [3.8, 4) is 34.1 Å². The lowest BCUT2D eigenvalue weighted by atomic mass is 10.1. The van der Waals surface area contributed by atoms with E-state index in [2.05, 4.69) is 15.3 Å². The number of pyridine rings is 1.